The summed E-state index contributed by atoms with van der Waals surface area (Å²) < 4.78 is 13.0. The van der Waals surface area contributed by atoms with Crippen molar-refractivity contribution < 1.29 is 9.18 Å². The minimum Gasteiger partial charge on any atom is -0.340 e. The summed E-state index contributed by atoms with van der Waals surface area (Å²) in [6, 6.07) is 6.41. The molecule has 4 nitrogen and oxygen atoms in total. The molecule has 1 fully saturated rings. The number of carbonyl (C=O) groups excluding carboxylic acids is 1. The van der Waals surface area contributed by atoms with Gasteiger partial charge in [-0.15, -0.1) is 11.3 Å². The van der Waals surface area contributed by atoms with E-state index in [1.165, 1.54) is 12.1 Å². The predicted octanol–water partition coefficient (Wildman–Crippen LogP) is 2.61. The maximum atomic E-state index is 13.0. The van der Waals surface area contributed by atoms with Gasteiger partial charge in [0.05, 0.1) is 12.2 Å². The molecule has 1 aromatic carbocycles. The van der Waals surface area contributed by atoms with Crippen molar-refractivity contribution in [2.75, 3.05) is 26.2 Å². The second-order valence-electron chi connectivity index (χ2n) is 5.42. The van der Waals surface area contributed by atoms with Crippen molar-refractivity contribution >= 4 is 17.2 Å². The number of benzene rings is 1. The highest BCUT2D eigenvalue weighted by Gasteiger charge is 2.19. The van der Waals surface area contributed by atoms with E-state index in [-0.39, 0.29) is 11.7 Å². The Morgan fingerprint density at radius 2 is 1.91 bits per heavy atom. The fourth-order valence-electron chi connectivity index (χ4n) is 2.55. The number of piperazine rings is 1. The average Bonchev–Trinajstić information content (AvgIpc) is 2.97. The van der Waals surface area contributed by atoms with Gasteiger partial charge in [-0.2, -0.15) is 0 Å². The molecule has 0 aliphatic carbocycles. The maximum Gasteiger partial charge on any atom is 0.219 e. The van der Waals surface area contributed by atoms with E-state index in [1.54, 1.807) is 30.4 Å². The summed E-state index contributed by atoms with van der Waals surface area (Å²) in [4.78, 5) is 20.1. The van der Waals surface area contributed by atoms with Crippen molar-refractivity contribution in [3.63, 3.8) is 0 Å². The van der Waals surface area contributed by atoms with Gasteiger partial charge >= 0.3 is 0 Å². The molecule has 2 heterocycles. The summed E-state index contributed by atoms with van der Waals surface area (Å²) in [6.45, 7) is 5.75. The van der Waals surface area contributed by atoms with E-state index >= 15 is 0 Å². The molecule has 0 atom stereocenters. The molecule has 0 saturated carbocycles. The molecule has 1 aromatic heterocycles. The first-order valence-electron chi connectivity index (χ1n) is 7.30. The molecule has 1 aliphatic heterocycles. The van der Waals surface area contributed by atoms with Crippen molar-refractivity contribution in [2.45, 2.75) is 13.5 Å². The Labute approximate surface area is 133 Å². The van der Waals surface area contributed by atoms with E-state index < -0.39 is 0 Å². The van der Waals surface area contributed by atoms with Crippen LogP contribution in [-0.4, -0.2) is 46.9 Å². The zero-order valence-corrected chi connectivity index (χ0v) is 13.3. The summed E-state index contributed by atoms with van der Waals surface area (Å²) in [5.74, 6) is -0.0879. The highest BCUT2D eigenvalue weighted by molar-refractivity contribution is 7.09. The van der Waals surface area contributed by atoms with Crippen molar-refractivity contribution in [3.05, 3.63) is 40.5 Å². The van der Waals surface area contributed by atoms with E-state index in [0.29, 0.717) is 0 Å². The van der Waals surface area contributed by atoms with Crippen molar-refractivity contribution in [3.8, 4) is 11.3 Å². The van der Waals surface area contributed by atoms with E-state index in [2.05, 4.69) is 9.88 Å². The number of nitrogens with zero attached hydrogens (tertiary/aromatic N) is 3. The molecule has 1 aliphatic rings. The summed E-state index contributed by atoms with van der Waals surface area (Å²) in [6.07, 6.45) is 0. The molecule has 0 bridgehead atoms. The van der Waals surface area contributed by atoms with Crippen LogP contribution in [0.15, 0.2) is 29.6 Å². The number of carbonyl (C=O) groups is 1. The maximum absolute atomic E-state index is 13.0. The van der Waals surface area contributed by atoms with Crippen molar-refractivity contribution in [1.82, 2.24) is 14.8 Å². The summed E-state index contributed by atoms with van der Waals surface area (Å²) in [7, 11) is 0. The SMILES string of the molecule is CC(=O)N1CCN(Cc2nc(-c3ccc(F)cc3)cs2)CC1. The number of aromatic nitrogens is 1. The van der Waals surface area contributed by atoms with Crippen LogP contribution in [0.4, 0.5) is 4.39 Å². The van der Waals surface area contributed by atoms with Gasteiger partial charge < -0.3 is 4.90 Å². The van der Waals surface area contributed by atoms with Gasteiger partial charge in [0.25, 0.3) is 0 Å². The number of hydrogen-bond donors (Lipinski definition) is 0. The predicted molar refractivity (Wildman–Crippen MR) is 85.0 cm³/mol. The summed E-state index contributed by atoms with van der Waals surface area (Å²) in [5.41, 5.74) is 1.83. The molecule has 0 unspecified atom stereocenters. The van der Waals surface area contributed by atoms with Crippen LogP contribution in [0.1, 0.15) is 11.9 Å². The Morgan fingerprint density at radius 1 is 1.23 bits per heavy atom. The van der Waals surface area contributed by atoms with E-state index in [1.807, 2.05) is 10.3 Å². The second-order valence-corrected chi connectivity index (χ2v) is 6.36. The Morgan fingerprint density at radius 3 is 2.55 bits per heavy atom. The molecule has 0 N–H and O–H groups in total. The number of halogens is 1. The Kier molecular flexibility index (Phi) is 4.49. The first kappa shape index (κ1) is 15.1. The van der Waals surface area contributed by atoms with Crippen molar-refractivity contribution in [1.29, 1.82) is 0 Å². The van der Waals surface area contributed by atoms with Crippen LogP contribution in [0.25, 0.3) is 11.3 Å². The monoisotopic (exact) mass is 319 g/mol. The first-order chi connectivity index (χ1) is 10.6. The van der Waals surface area contributed by atoms with E-state index in [4.69, 9.17) is 0 Å². The fraction of sp³-hybridized carbons (Fsp3) is 0.375. The lowest BCUT2D eigenvalue weighted by Gasteiger charge is -2.33. The number of rotatable bonds is 3. The van der Waals surface area contributed by atoms with Gasteiger partial charge in [-0.3, -0.25) is 9.69 Å². The standard InChI is InChI=1S/C16H18FN3OS/c1-12(21)20-8-6-19(7-9-20)10-16-18-15(11-22-16)13-2-4-14(17)5-3-13/h2-5,11H,6-10H2,1H3. The van der Waals surface area contributed by atoms with Gasteiger partial charge in [0.15, 0.2) is 0 Å². The molecular weight excluding hydrogens is 301 g/mol. The molecule has 116 valence electrons. The van der Waals surface area contributed by atoms with E-state index in [9.17, 15) is 9.18 Å². The normalized spacial score (nSPS) is 16.0. The first-order valence-corrected chi connectivity index (χ1v) is 8.18. The molecule has 3 rings (SSSR count). The zero-order chi connectivity index (χ0) is 15.5. The second kappa shape index (κ2) is 6.54. The molecule has 22 heavy (non-hydrogen) atoms. The highest BCUT2D eigenvalue weighted by atomic mass is 32.1. The van der Waals surface area contributed by atoms with Crippen LogP contribution in [-0.2, 0) is 11.3 Å². The topological polar surface area (TPSA) is 36.4 Å². The minimum absolute atomic E-state index is 0.146. The summed E-state index contributed by atoms with van der Waals surface area (Å²) in [5, 5.41) is 3.06. The number of thiazole rings is 1. The third-order valence-electron chi connectivity index (χ3n) is 3.87. The van der Waals surface area contributed by atoms with Crippen LogP contribution >= 0.6 is 11.3 Å². The van der Waals surface area contributed by atoms with Crippen molar-refractivity contribution in [2.24, 2.45) is 0 Å². The largest absolute Gasteiger partial charge is 0.340 e. The average molecular weight is 319 g/mol. The van der Waals surface area contributed by atoms with Gasteiger partial charge in [0.1, 0.15) is 10.8 Å². The summed E-state index contributed by atoms with van der Waals surface area (Å²) >= 11 is 1.62. The van der Waals surface area contributed by atoms with Crippen LogP contribution < -0.4 is 0 Å². The molecule has 0 spiro atoms. The lowest BCUT2D eigenvalue weighted by molar-refractivity contribution is -0.130. The molecule has 2 aromatic rings. The van der Waals surface area contributed by atoms with Gasteiger partial charge in [-0.25, -0.2) is 9.37 Å². The highest BCUT2D eigenvalue weighted by Crippen LogP contribution is 2.23. The van der Waals surface area contributed by atoms with Gasteiger partial charge in [0, 0.05) is 44.0 Å². The van der Waals surface area contributed by atoms with Crippen LogP contribution in [0.2, 0.25) is 0 Å². The van der Waals surface area contributed by atoms with E-state index in [0.717, 1.165) is 49.0 Å². The molecule has 1 amide bonds. The quantitative estimate of drug-likeness (QED) is 0.872. The van der Waals surface area contributed by atoms with Crippen LogP contribution in [0.5, 0.6) is 0 Å². The Bertz CT molecular complexity index is 648. The smallest absolute Gasteiger partial charge is 0.219 e. The number of amides is 1. The lowest BCUT2D eigenvalue weighted by Crippen LogP contribution is -2.47. The van der Waals surface area contributed by atoms with Crippen LogP contribution in [0, 0.1) is 5.82 Å². The molecule has 0 radical (unpaired) electrons. The van der Waals surface area contributed by atoms with Gasteiger partial charge in [-0.05, 0) is 24.3 Å². The lowest BCUT2D eigenvalue weighted by atomic mass is 10.2. The molecule has 1 saturated heterocycles. The van der Waals surface area contributed by atoms with Gasteiger partial charge in [0.2, 0.25) is 5.91 Å². The Balaban J connectivity index is 1.60. The van der Waals surface area contributed by atoms with Gasteiger partial charge in [-0.1, -0.05) is 0 Å². The fourth-order valence-corrected chi connectivity index (χ4v) is 3.39. The third kappa shape index (κ3) is 3.51. The number of hydrogen-bond acceptors (Lipinski definition) is 4. The zero-order valence-electron chi connectivity index (χ0n) is 12.5. The molecule has 6 heteroatoms. The van der Waals surface area contributed by atoms with Crippen LogP contribution in [0.3, 0.4) is 0 Å². The Hall–Kier alpha value is -1.79. The third-order valence-corrected chi connectivity index (χ3v) is 4.70. The molecular formula is C16H18FN3OS. The minimum atomic E-state index is -0.234.